The van der Waals surface area contributed by atoms with E-state index in [2.05, 4.69) is 26.0 Å². The fourth-order valence-corrected chi connectivity index (χ4v) is 6.63. The summed E-state index contributed by atoms with van der Waals surface area (Å²) in [4.78, 5) is 0. The molecule has 0 saturated carbocycles. The first-order chi connectivity index (χ1) is 21.1. The Hall–Kier alpha value is -0.150. The summed E-state index contributed by atoms with van der Waals surface area (Å²) < 4.78 is 21.7. The molecule has 4 nitrogen and oxygen atoms in total. The minimum atomic E-state index is -2.77. The summed E-state index contributed by atoms with van der Waals surface area (Å²) in [5.41, 5.74) is 5.47. The molecule has 0 amide bonds. The Morgan fingerprint density at radius 1 is 0.442 bits per heavy atom. The molecule has 0 atom stereocenters. The van der Waals surface area contributed by atoms with Crippen molar-refractivity contribution >= 4 is 7.60 Å². The monoisotopic (exact) mass is 630 g/mol. The Balaban J connectivity index is 0. The smallest absolute Gasteiger partial charge is 0.330 e. The highest BCUT2D eigenvalue weighted by Crippen LogP contribution is 2.47. The highest BCUT2D eigenvalue weighted by atomic mass is 31.2. The SMILES string of the molecule is CCCCCCCC/C=C\CCCCCCCCN.CCCCCCCCCCCCCCCCCCP(=O)(OC)OC. The van der Waals surface area contributed by atoms with Gasteiger partial charge in [0, 0.05) is 14.2 Å². The Morgan fingerprint density at radius 3 is 1.02 bits per heavy atom. The molecule has 0 radical (unpaired) electrons. The topological polar surface area (TPSA) is 61.6 Å². The lowest BCUT2D eigenvalue weighted by Crippen LogP contribution is -1.97. The third-order valence-electron chi connectivity index (χ3n) is 8.56. The Bertz CT molecular complexity index is 561. The van der Waals surface area contributed by atoms with Crippen molar-refractivity contribution in [3.05, 3.63) is 12.2 Å². The molecule has 5 heteroatoms. The van der Waals surface area contributed by atoms with Crippen LogP contribution < -0.4 is 5.73 Å². The van der Waals surface area contributed by atoms with Crippen LogP contribution in [0.15, 0.2) is 12.2 Å². The largest absolute Gasteiger partial charge is 0.330 e. The quantitative estimate of drug-likeness (QED) is 0.0437. The molecule has 0 aliphatic heterocycles. The lowest BCUT2D eigenvalue weighted by molar-refractivity contribution is 0.275. The number of hydrogen-bond acceptors (Lipinski definition) is 4. The summed E-state index contributed by atoms with van der Waals surface area (Å²) >= 11 is 0. The van der Waals surface area contributed by atoms with E-state index in [1.807, 2.05) is 0 Å². The summed E-state index contributed by atoms with van der Waals surface area (Å²) in [5, 5.41) is 0. The van der Waals surface area contributed by atoms with Crippen LogP contribution >= 0.6 is 7.60 Å². The van der Waals surface area contributed by atoms with Gasteiger partial charge in [0.15, 0.2) is 0 Å². The molecule has 0 bridgehead atoms. The first-order valence-corrected chi connectivity index (χ1v) is 20.9. The molecule has 0 rings (SSSR count). The summed E-state index contributed by atoms with van der Waals surface area (Å²) in [5.74, 6) is 0. The van der Waals surface area contributed by atoms with Crippen molar-refractivity contribution in [2.24, 2.45) is 5.73 Å². The van der Waals surface area contributed by atoms with Crippen molar-refractivity contribution in [1.29, 1.82) is 0 Å². The van der Waals surface area contributed by atoms with E-state index in [9.17, 15) is 4.57 Å². The van der Waals surface area contributed by atoms with Gasteiger partial charge in [-0.25, -0.2) is 0 Å². The van der Waals surface area contributed by atoms with Crippen molar-refractivity contribution < 1.29 is 13.6 Å². The zero-order valence-corrected chi connectivity index (χ0v) is 30.9. The highest BCUT2D eigenvalue weighted by molar-refractivity contribution is 7.53. The normalized spacial score (nSPS) is 11.7. The molecule has 0 saturated heterocycles. The molecule has 2 N–H and O–H groups in total. The van der Waals surface area contributed by atoms with Gasteiger partial charge in [-0.15, -0.1) is 0 Å². The van der Waals surface area contributed by atoms with Gasteiger partial charge in [0.25, 0.3) is 0 Å². The predicted molar refractivity (Wildman–Crippen MR) is 195 cm³/mol. The molecule has 0 aliphatic carbocycles. The van der Waals surface area contributed by atoms with E-state index in [-0.39, 0.29) is 0 Å². The Kier molecular flexibility index (Phi) is 41.7. The minimum Gasteiger partial charge on any atom is -0.330 e. The predicted octanol–water partition coefficient (Wildman–Crippen LogP) is 13.7. The van der Waals surface area contributed by atoms with Crippen LogP contribution in [0.3, 0.4) is 0 Å². The van der Waals surface area contributed by atoms with Gasteiger partial charge in [-0.3, -0.25) is 4.57 Å². The molecule has 0 aromatic carbocycles. The van der Waals surface area contributed by atoms with Crippen LogP contribution in [0.5, 0.6) is 0 Å². The van der Waals surface area contributed by atoms with Gasteiger partial charge in [0.05, 0.1) is 6.16 Å². The molecule has 0 aromatic heterocycles. The highest BCUT2D eigenvalue weighted by Gasteiger charge is 2.19. The maximum Gasteiger partial charge on any atom is 0.330 e. The average Bonchev–Trinajstić information content (AvgIpc) is 3.03. The van der Waals surface area contributed by atoms with Crippen LogP contribution in [0.4, 0.5) is 0 Å². The molecule has 43 heavy (non-hydrogen) atoms. The van der Waals surface area contributed by atoms with Gasteiger partial charge in [-0.05, 0) is 45.1 Å². The zero-order valence-electron chi connectivity index (χ0n) is 30.0. The Labute approximate surface area is 272 Å². The van der Waals surface area contributed by atoms with Gasteiger partial charge >= 0.3 is 7.60 Å². The Morgan fingerprint density at radius 2 is 0.721 bits per heavy atom. The van der Waals surface area contributed by atoms with E-state index in [0.717, 1.165) is 19.4 Å². The molecule has 0 heterocycles. The molecule has 0 aromatic rings. The maximum absolute atomic E-state index is 11.9. The lowest BCUT2D eigenvalue weighted by Gasteiger charge is -2.12. The number of unbranched alkanes of at least 4 members (excludes halogenated alkanes) is 27. The van der Waals surface area contributed by atoms with Crippen LogP contribution in [0.2, 0.25) is 0 Å². The minimum absolute atomic E-state index is 0.554. The fraction of sp³-hybridized carbons (Fsp3) is 0.947. The molecule has 260 valence electrons. The molecule has 0 fully saturated rings. The average molecular weight is 630 g/mol. The molecule has 0 aliphatic rings. The molecule has 0 spiro atoms. The van der Waals surface area contributed by atoms with Gasteiger partial charge < -0.3 is 14.8 Å². The van der Waals surface area contributed by atoms with E-state index >= 15 is 0 Å². The second-order valence-electron chi connectivity index (χ2n) is 12.7. The summed E-state index contributed by atoms with van der Waals surface area (Å²) in [6.45, 7) is 5.42. The van der Waals surface area contributed by atoms with Crippen LogP contribution in [-0.2, 0) is 13.6 Å². The van der Waals surface area contributed by atoms with E-state index < -0.39 is 7.60 Å². The van der Waals surface area contributed by atoms with Gasteiger partial charge in [-0.2, -0.15) is 0 Å². The van der Waals surface area contributed by atoms with Crippen molar-refractivity contribution in [2.45, 2.75) is 206 Å². The van der Waals surface area contributed by atoms with Crippen LogP contribution in [-0.4, -0.2) is 26.9 Å². The van der Waals surface area contributed by atoms with Crippen molar-refractivity contribution in [2.75, 3.05) is 26.9 Å². The van der Waals surface area contributed by atoms with Crippen LogP contribution in [0, 0.1) is 0 Å². The van der Waals surface area contributed by atoms with E-state index in [1.165, 1.54) is 194 Å². The summed E-state index contributed by atoms with van der Waals surface area (Å²) in [7, 11) is 0.169. The first kappa shape index (κ1) is 45.0. The van der Waals surface area contributed by atoms with Crippen molar-refractivity contribution in [3.8, 4) is 0 Å². The summed E-state index contributed by atoms with van der Waals surface area (Å²) in [6, 6.07) is 0. The van der Waals surface area contributed by atoms with Crippen molar-refractivity contribution in [3.63, 3.8) is 0 Å². The maximum atomic E-state index is 11.9. The number of hydrogen-bond donors (Lipinski definition) is 1. The number of rotatable bonds is 34. The number of allylic oxidation sites excluding steroid dienone is 2. The second kappa shape index (κ2) is 39.9. The number of nitrogens with two attached hydrogens (primary N) is 1. The van der Waals surface area contributed by atoms with Crippen molar-refractivity contribution in [1.82, 2.24) is 0 Å². The zero-order chi connectivity index (χ0) is 32.0. The third kappa shape index (κ3) is 39.8. The van der Waals surface area contributed by atoms with E-state index in [0.29, 0.717) is 6.16 Å². The fourth-order valence-electron chi connectivity index (χ4n) is 5.50. The van der Waals surface area contributed by atoms with E-state index in [4.69, 9.17) is 14.8 Å². The van der Waals surface area contributed by atoms with Gasteiger partial charge in [0.1, 0.15) is 0 Å². The van der Waals surface area contributed by atoms with E-state index in [1.54, 1.807) is 0 Å². The summed E-state index contributed by atoms with van der Waals surface area (Å²) in [6.07, 6.45) is 46.0. The molecular weight excluding hydrogens is 549 g/mol. The third-order valence-corrected chi connectivity index (χ3v) is 10.5. The van der Waals surface area contributed by atoms with Gasteiger partial charge in [0.2, 0.25) is 0 Å². The molecular formula is C38H80NO3P. The molecule has 0 unspecified atom stereocenters. The second-order valence-corrected chi connectivity index (χ2v) is 15.1. The van der Waals surface area contributed by atoms with Crippen LogP contribution in [0.25, 0.3) is 0 Å². The van der Waals surface area contributed by atoms with Crippen LogP contribution in [0.1, 0.15) is 206 Å². The van der Waals surface area contributed by atoms with Gasteiger partial charge in [-0.1, -0.05) is 180 Å². The standard InChI is InChI=1S/C20H43O3P.C18H37N/c1-4-5-6-7-8-9-10-11-12-13-14-15-16-17-18-19-20-24(21,22-2)23-3;1-2-3-4-5-6-7-8-9-10-11-12-13-14-15-16-17-18-19/h4-20H2,1-3H3;9-10H,2-8,11-19H2,1H3/b;10-9-. The lowest BCUT2D eigenvalue weighted by atomic mass is 10.0. The first-order valence-electron chi connectivity index (χ1n) is 19.2.